The summed E-state index contributed by atoms with van der Waals surface area (Å²) in [5.74, 6) is 0.475. The fraction of sp³-hybridized carbons (Fsp3) is 0.500. The molecule has 0 aliphatic carbocycles. The first-order chi connectivity index (χ1) is 8.54. The van der Waals surface area contributed by atoms with Crippen molar-refractivity contribution in [3.63, 3.8) is 0 Å². The average Bonchev–Trinajstić information content (AvgIpc) is 2.31. The van der Waals surface area contributed by atoms with Crippen molar-refractivity contribution in [3.05, 3.63) is 22.8 Å². The lowest BCUT2D eigenvalue weighted by Gasteiger charge is -2.11. The first-order valence-corrected chi connectivity index (χ1v) is 6.24. The van der Waals surface area contributed by atoms with Gasteiger partial charge in [-0.2, -0.15) is 0 Å². The molecule has 100 valence electrons. The zero-order valence-corrected chi connectivity index (χ0v) is 11.7. The van der Waals surface area contributed by atoms with Crippen molar-refractivity contribution in [3.8, 4) is 0 Å². The SMILES string of the molecule is CCNc1cc(C(=O)NCCN(C)C)c(Cl)cn1. The molecule has 0 unspecified atom stereocenters. The molecule has 1 aromatic rings. The Morgan fingerprint density at radius 1 is 1.50 bits per heavy atom. The number of rotatable bonds is 6. The van der Waals surface area contributed by atoms with Crippen LogP contribution in [0.1, 0.15) is 17.3 Å². The third-order valence-corrected chi connectivity index (χ3v) is 2.60. The van der Waals surface area contributed by atoms with Crippen molar-refractivity contribution in [2.24, 2.45) is 0 Å². The maximum Gasteiger partial charge on any atom is 0.253 e. The minimum atomic E-state index is -0.177. The molecule has 0 atom stereocenters. The maximum atomic E-state index is 11.9. The molecule has 0 bridgehead atoms. The van der Waals surface area contributed by atoms with E-state index in [4.69, 9.17) is 11.6 Å². The zero-order valence-electron chi connectivity index (χ0n) is 11.0. The largest absolute Gasteiger partial charge is 0.370 e. The molecule has 0 aliphatic heterocycles. The molecule has 0 saturated heterocycles. The summed E-state index contributed by atoms with van der Waals surface area (Å²) in [6.45, 7) is 4.08. The molecule has 1 heterocycles. The number of hydrogen-bond donors (Lipinski definition) is 2. The molecule has 0 radical (unpaired) electrons. The van der Waals surface area contributed by atoms with Gasteiger partial charge < -0.3 is 15.5 Å². The Morgan fingerprint density at radius 2 is 2.22 bits per heavy atom. The van der Waals surface area contributed by atoms with Gasteiger partial charge >= 0.3 is 0 Å². The molecule has 0 spiro atoms. The monoisotopic (exact) mass is 270 g/mol. The smallest absolute Gasteiger partial charge is 0.253 e. The van der Waals surface area contributed by atoms with Gasteiger partial charge in [-0.15, -0.1) is 0 Å². The summed E-state index contributed by atoms with van der Waals surface area (Å²) < 4.78 is 0. The summed E-state index contributed by atoms with van der Waals surface area (Å²) in [5.41, 5.74) is 0.446. The molecule has 0 saturated carbocycles. The van der Waals surface area contributed by atoms with Crippen molar-refractivity contribution < 1.29 is 4.79 Å². The van der Waals surface area contributed by atoms with Gasteiger partial charge in [-0.3, -0.25) is 4.79 Å². The summed E-state index contributed by atoms with van der Waals surface area (Å²) in [5, 5.41) is 6.23. The molecule has 0 aromatic carbocycles. The van der Waals surface area contributed by atoms with Crippen LogP contribution in [0, 0.1) is 0 Å². The van der Waals surface area contributed by atoms with Crippen LogP contribution in [0.3, 0.4) is 0 Å². The summed E-state index contributed by atoms with van der Waals surface area (Å²) in [4.78, 5) is 18.0. The summed E-state index contributed by atoms with van der Waals surface area (Å²) in [6.07, 6.45) is 1.49. The number of carbonyl (C=O) groups excluding carboxylic acids is 1. The van der Waals surface area contributed by atoms with E-state index in [0.717, 1.165) is 13.1 Å². The molecule has 5 nitrogen and oxygen atoms in total. The van der Waals surface area contributed by atoms with E-state index in [1.165, 1.54) is 6.20 Å². The van der Waals surface area contributed by atoms with Crippen molar-refractivity contribution >= 4 is 23.3 Å². The Balaban J connectivity index is 2.68. The second kappa shape index (κ2) is 7.18. The van der Waals surface area contributed by atoms with E-state index in [0.29, 0.717) is 22.9 Å². The zero-order chi connectivity index (χ0) is 13.5. The predicted molar refractivity (Wildman–Crippen MR) is 74.3 cm³/mol. The summed E-state index contributed by atoms with van der Waals surface area (Å²) in [7, 11) is 3.91. The standard InChI is InChI=1S/C12H19ClN4O/c1-4-14-11-7-9(10(13)8-16-11)12(18)15-5-6-17(2)3/h7-8H,4-6H2,1-3H3,(H,14,16)(H,15,18). The van der Waals surface area contributed by atoms with E-state index >= 15 is 0 Å². The molecule has 6 heteroatoms. The normalized spacial score (nSPS) is 10.5. The van der Waals surface area contributed by atoms with Gasteiger partial charge in [-0.25, -0.2) is 4.98 Å². The Bertz CT molecular complexity index is 409. The van der Waals surface area contributed by atoms with Crippen molar-refractivity contribution in [2.75, 3.05) is 39.0 Å². The predicted octanol–water partition coefficient (Wildman–Crippen LogP) is 1.46. The van der Waals surface area contributed by atoms with Gasteiger partial charge in [-0.05, 0) is 27.1 Å². The minimum absolute atomic E-state index is 0.177. The lowest BCUT2D eigenvalue weighted by atomic mass is 10.2. The quantitative estimate of drug-likeness (QED) is 0.822. The van der Waals surface area contributed by atoms with Crippen LogP contribution in [0.25, 0.3) is 0 Å². The molecule has 1 aromatic heterocycles. The molecule has 1 amide bonds. The molecule has 2 N–H and O–H groups in total. The van der Waals surface area contributed by atoms with Gasteiger partial charge in [0.05, 0.1) is 10.6 Å². The van der Waals surface area contributed by atoms with E-state index in [1.54, 1.807) is 6.07 Å². The van der Waals surface area contributed by atoms with Crippen LogP contribution in [0.4, 0.5) is 5.82 Å². The number of anilines is 1. The highest BCUT2D eigenvalue weighted by Gasteiger charge is 2.11. The Labute approximate surface area is 113 Å². The van der Waals surface area contributed by atoms with E-state index in [-0.39, 0.29) is 5.91 Å². The number of nitrogens with one attached hydrogen (secondary N) is 2. The van der Waals surface area contributed by atoms with E-state index < -0.39 is 0 Å². The highest BCUT2D eigenvalue weighted by molar-refractivity contribution is 6.33. The average molecular weight is 271 g/mol. The fourth-order valence-corrected chi connectivity index (χ4v) is 1.57. The number of pyridine rings is 1. The molecule has 0 aliphatic rings. The molecular formula is C12H19ClN4O. The summed E-state index contributed by atoms with van der Waals surface area (Å²) in [6, 6.07) is 1.66. The Morgan fingerprint density at radius 3 is 2.83 bits per heavy atom. The second-order valence-corrected chi connectivity index (χ2v) is 4.55. The van der Waals surface area contributed by atoms with Crippen molar-refractivity contribution in [2.45, 2.75) is 6.92 Å². The van der Waals surface area contributed by atoms with Gasteiger partial charge in [0.25, 0.3) is 5.91 Å². The van der Waals surface area contributed by atoms with Crippen LogP contribution >= 0.6 is 11.6 Å². The van der Waals surface area contributed by atoms with Gasteiger partial charge in [0.15, 0.2) is 0 Å². The van der Waals surface area contributed by atoms with Crippen LogP contribution in [-0.2, 0) is 0 Å². The highest BCUT2D eigenvalue weighted by atomic mass is 35.5. The van der Waals surface area contributed by atoms with Gasteiger partial charge in [0, 0.05) is 25.8 Å². The van der Waals surface area contributed by atoms with E-state index in [2.05, 4.69) is 15.6 Å². The number of nitrogens with zero attached hydrogens (tertiary/aromatic N) is 2. The lowest BCUT2D eigenvalue weighted by Crippen LogP contribution is -2.31. The third kappa shape index (κ3) is 4.50. The van der Waals surface area contributed by atoms with Crippen LogP contribution in [0.5, 0.6) is 0 Å². The van der Waals surface area contributed by atoms with Crippen LogP contribution in [0.2, 0.25) is 5.02 Å². The first kappa shape index (κ1) is 14.7. The van der Waals surface area contributed by atoms with Crippen LogP contribution < -0.4 is 10.6 Å². The Kier molecular flexibility index (Phi) is 5.88. The fourth-order valence-electron chi connectivity index (χ4n) is 1.38. The first-order valence-electron chi connectivity index (χ1n) is 5.87. The number of likely N-dealkylation sites (N-methyl/N-ethyl adjacent to an activating group) is 1. The maximum absolute atomic E-state index is 11.9. The molecular weight excluding hydrogens is 252 g/mol. The minimum Gasteiger partial charge on any atom is -0.370 e. The topological polar surface area (TPSA) is 57.3 Å². The van der Waals surface area contributed by atoms with Crippen molar-refractivity contribution in [1.29, 1.82) is 0 Å². The Hall–Kier alpha value is -1.33. The molecule has 1 rings (SSSR count). The van der Waals surface area contributed by atoms with E-state index in [9.17, 15) is 4.79 Å². The number of carbonyl (C=O) groups is 1. The van der Waals surface area contributed by atoms with Gasteiger partial charge in [-0.1, -0.05) is 11.6 Å². The van der Waals surface area contributed by atoms with Gasteiger partial charge in [0.1, 0.15) is 5.82 Å². The number of hydrogen-bond acceptors (Lipinski definition) is 4. The molecule has 18 heavy (non-hydrogen) atoms. The van der Waals surface area contributed by atoms with Crippen molar-refractivity contribution in [1.82, 2.24) is 15.2 Å². The van der Waals surface area contributed by atoms with Crippen LogP contribution in [-0.4, -0.2) is 49.5 Å². The lowest BCUT2D eigenvalue weighted by molar-refractivity contribution is 0.0951. The van der Waals surface area contributed by atoms with Crippen LogP contribution in [0.15, 0.2) is 12.3 Å². The number of halogens is 1. The van der Waals surface area contributed by atoms with Gasteiger partial charge in [0.2, 0.25) is 0 Å². The molecule has 0 fully saturated rings. The second-order valence-electron chi connectivity index (χ2n) is 4.14. The number of amides is 1. The highest BCUT2D eigenvalue weighted by Crippen LogP contribution is 2.17. The summed E-state index contributed by atoms with van der Waals surface area (Å²) >= 11 is 5.97. The third-order valence-electron chi connectivity index (χ3n) is 2.30. The van der Waals surface area contributed by atoms with E-state index in [1.807, 2.05) is 25.9 Å². The number of aromatic nitrogens is 1.